The molecule has 4 rings (SSSR count). The van der Waals surface area contributed by atoms with Crippen LogP contribution < -0.4 is 5.32 Å². The van der Waals surface area contributed by atoms with Gasteiger partial charge in [-0.05, 0) is 50.6 Å². The van der Waals surface area contributed by atoms with Gasteiger partial charge >= 0.3 is 0 Å². The summed E-state index contributed by atoms with van der Waals surface area (Å²) in [7, 11) is 0. The third-order valence-electron chi connectivity index (χ3n) is 4.16. The SMILES string of the molecule is Cc1cn(C2CCNCC2)nc1-c1[nH]nc2ncccc12. The van der Waals surface area contributed by atoms with Gasteiger partial charge in [0, 0.05) is 17.8 Å². The highest BCUT2D eigenvalue weighted by Crippen LogP contribution is 2.28. The molecule has 0 aliphatic carbocycles. The molecule has 0 saturated carbocycles. The number of hydrogen-bond acceptors (Lipinski definition) is 4. The summed E-state index contributed by atoms with van der Waals surface area (Å²) in [5.41, 5.74) is 3.85. The van der Waals surface area contributed by atoms with Crippen LogP contribution in [0, 0.1) is 6.92 Å². The quantitative estimate of drug-likeness (QED) is 0.754. The number of nitrogens with one attached hydrogen (secondary N) is 2. The van der Waals surface area contributed by atoms with Gasteiger partial charge in [0.25, 0.3) is 0 Å². The topological polar surface area (TPSA) is 71.4 Å². The molecule has 4 heterocycles. The minimum Gasteiger partial charge on any atom is -0.317 e. The molecular formula is C15H18N6. The minimum atomic E-state index is 0.492. The molecule has 108 valence electrons. The Morgan fingerprint density at radius 1 is 1.29 bits per heavy atom. The number of aromatic amines is 1. The van der Waals surface area contributed by atoms with Gasteiger partial charge in [0.1, 0.15) is 5.69 Å². The molecular weight excluding hydrogens is 264 g/mol. The first kappa shape index (κ1) is 12.5. The summed E-state index contributed by atoms with van der Waals surface area (Å²) < 4.78 is 2.12. The van der Waals surface area contributed by atoms with Crippen molar-refractivity contribution in [3.8, 4) is 11.4 Å². The Morgan fingerprint density at radius 2 is 2.14 bits per heavy atom. The van der Waals surface area contributed by atoms with Crippen LogP contribution in [0.4, 0.5) is 0 Å². The maximum Gasteiger partial charge on any atom is 0.181 e. The molecule has 1 fully saturated rings. The lowest BCUT2D eigenvalue weighted by atomic mass is 10.1. The van der Waals surface area contributed by atoms with Gasteiger partial charge in [-0.2, -0.15) is 10.2 Å². The summed E-state index contributed by atoms with van der Waals surface area (Å²) in [5.74, 6) is 0. The molecule has 0 spiro atoms. The van der Waals surface area contributed by atoms with Crippen molar-refractivity contribution >= 4 is 11.0 Å². The first-order valence-corrected chi connectivity index (χ1v) is 7.39. The fraction of sp³-hybridized carbons (Fsp3) is 0.400. The van der Waals surface area contributed by atoms with Crippen molar-refractivity contribution in [2.75, 3.05) is 13.1 Å². The van der Waals surface area contributed by atoms with E-state index < -0.39 is 0 Å². The summed E-state index contributed by atoms with van der Waals surface area (Å²) in [6, 6.07) is 4.45. The van der Waals surface area contributed by atoms with E-state index in [1.54, 1.807) is 6.20 Å². The summed E-state index contributed by atoms with van der Waals surface area (Å²) in [5, 5.41) is 16.6. The fourth-order valence-corrected chi connectivity index (χ4v) is 3.02. The van der Waals surface area contributed by atoms with Crippen LogP contribution in [0.1, 0.15) is 24.4 Å². The van der Waals surface area contributed by atoms with E-state index in [-0.39, 0.29) is 0 Å². The van der Waals surface area contributed by atoms with Crippen molar-refractivity contribution in [2.45, 2.75) is 25.8 Å². The largest absolute Gasteiger partial charge is 0.317 e. The molecule has 1 aliphatic rings. The molecule has 1 aliphatic heterocycles. The second-order valence-electron chi connectivity index (χ2n) is 5.60. The zero-order valence-corrected chi connectivity index (χ0v) is 12.0. The maximum atomic E-state index is 4.82. The molecule has 0 amide bonds. The van der Waals surface area contributed by atoms with Crippen LogP contribution in [0.3, 0.4) is 0 Å². The smallest absolute Gasteiger partial charge is 0.181 e. The minimum absolute atomic E-state index is 0.492. The number of hydrogen-bond donors (Lipinski definition) is 2. The zero-order valence-electron chi connectivity index (χ0n) is 12.0. The molecule has 0 radical (unpaired) electrons. The van der Waals surface area contributed by atoms with E-state index in [2.05, 4.69) is 38.3 Å². The van der Waals surface area contributed by atoms with E-state index in [1.807, 2.05) is 12.1 Å². The van der Waals surface area contributed by atoms with Crippen molar-refractivity contribution in [3.63, 3.8) is 0 Å². The van der Waals surface area contributed by atoms with Crippen molar-refractivity contribution < 1.29 is 0 Å². The lowest BCUT2D eigenvalue weighted by Gasteiger charge is -2.22. The highest BCUT2D eigenvalue weighted by molar-refractivity contribution is 5.90. The van der Waals surface area contributed by atoms with Gasteiger partial charge in [-0.3, -0.25) is 9.78 Å². The van der Waals surface area contributed by atoms with Gasteiger partial charge in [-0.25, -0.2) is 4.98 Å². The average Bonchev–Trinajstić information content (AvgIpc) is 3.11. The van der Waals surface area contributed by atoms with E-state index >= 15 is 0 Å². The van der Waals surface area contributed by atoms with Crippen LogP contribution in [0.5, 0.6) is 0 Å². The Kier molecular flexibility index (Phi) is 2.96. The first-order chi connectivity index (χ1) is 10.3. The second kappa shape index (κ2) is 4.96. The van der Waals surface area contributed by atoms with E-state index in [0.29, 0.717) is 6.04 Å². The number of rotatable bonds is 2. The Morgan fingerprint density at radius 3 is 3.00 bits per heavy atom. The van der Waals surface area contributed by atoms with E-state index in [9.17, 15) is 0 Å². The lowest BCUT2D eigenvalue weighted by Crippen LogP contribution is -2.29. The summed E-state index contributed by atoms with van der Waals surface area (Å²) in [6.07, 6.45) is 6.17. The molecule has 0 unspecified atom stereocenters. The van der Waals surface area contributed by atoms with Gasteiger partial charge < -0.3 is 5.32 Å². The Hall–Kier alpha value is -2.21. The molecule has 6 nitrogen and oxygen atoms in total. The monoisotopic (exact) mass is 282 g/mol. The van der Waals surface area contributed by atoms with Gasteiger partial charge in [0.15, 0.2) is 5.65 Å². The van der Waals surface area contributed by atoms with Gasteiger partial charge in [0.2, 0.25) is 0 Å². The van der Waals surface area contributed by atoms with Crippen LogP contribution in [0.2, 0.25) is 0 Å². The summed E-state index contributed by atoms with van der Waals surface area (Å²) in [4.78, 5) is 4.27. The van der Waals surface area contributed by atoms with Gasteiger partial charge in [-0.1, -0.05) is 0 Å². The van der Waals surface area contributed by atoms with Crippen LogP contribution >= 0.6 is 0 Å². The predicted molar refractivity (Wildman–Crippen MR) is 81.0 cm³/mol. The van der Waals surface area contributed by atoms with E-state index in [0.717, 1.165) is 48.4 Å². The normalized spacial score (nSPS) is 16.6. The fourth-order valence-electron chi connectivity index (χ4n) is 3.02. The molecule has 0 aromatic carbocycles. The summed E-state index contributed by atoms with van der Waals surface area (Å²) in [6.45, 7) is 4.23. The van der Waals surface area contributed by atoms with Gasteiger partial charge in [-0.15, -0.1) is 0 Å². The predicted octanol–water partition coefficient (Wildman–Crippen LogP) is 2.05. The molecule has 1 saturated heterocycles. The van der Waals surface area contributed by atoms with Crippen LogP contribution in [-0.2, 0) is 0 Å². The first-order valence-electron chi connectivity index (χ1n) is 7.39. The van der Waals surface area contributed by atoms with Crippen molar-refractivity contribution in [3.05, 3.63) is 30.1 Å². The zero-order chi connectivity index (χ0) is 14.2. The lowest BCUT2D eigenvalue weighted by molar-refractivity contribution is 0.343. The third kappa shape index (κ3) is 2.12. The van der Waals surface area contributed by atoms with Crippen molar-refractivity contribution in [1.29, 1.82) is 0 Å². The Labute approximate surface area is 122 Å². The highest BCUT2D eigenvalue weighted by atomic mass is 15.3. The van der Waals surface area contributed by atoms with Crippen molar-refractivity contribution in [2.24, 2.45) is 0 Å². The van der Waals surface area contributed by atoms with Crippen molar-refractivity contribution in [1.82, 2.24) is 30.3 Å². The second-order valence-corrected chi connectivity index (χ2v) is 5.60. The molecule has 21 heavy (non-hydrogen) atoms. The van der Waals surface area contributed by atoms with Crippen LogP contribution in [0.15, 0.2) is 24.5 Å². The third-order valence-corrected chi connectivity index (χ3v) is 4.16. The molecule has 3 aromatic rings. The van der Waals surface area contributed by atoms with Crippen LogP contribution in [-0.4, -0.2) is 38.1 Å². The number of nitrogens with zero attached hydrogens (tertiary/aromatic N) is 4. The number of pyridine rings is 1. The molecule has 3 aromatic heterocycles. The summed E-state index contributed by atoms with van der Waals surface area (Å²) >= 11 is 0. The number of aryl methyl sites for hydroxylation is 1. The molecule has 0 atom stereocenters. The molecule has 2 N–H and O–H groups in total. The molecule has 6 heteroatoms. The number of H-pyrrole nitrogens is 1. The Balaban J connectivity index is 1.76. The Bertz CT molecular complexity index is 765. The number of aromatic nitrogens is 5. The van der Waals surface area contributed by atoms with E-state index in [4.69, 9.17) is 5.10 Å². The number of piperidine rings is 1. The number of fused-ring (bicyclic) bond motifs is 1. The van der Waals surface area contributed by atoms with Gasteiger partial charge in [0.05, 0.1) is 11.7 Å². The average molecular weight is 282 g/mol. The standard InChI is InChI=1S/C15H18N6/c1-10-9-21(11-4-7-16-8-5-11)20-13(10)14-12-3-2-6-17-15(12)19-18-14/h2-3,6,9,11,16H,4-5,7-8H2,1H3,(H,17,18,19). The van der Waals surface area contributed by atoms with Crippen LogP contribution in [0.25, 0.3) is 22.4 Å². The highest BCUT2D eigenvalue weighted by Gasteiger charge is 2.19. The maximum absolute atomic E-state index is 4.82. The van der Waals surface area contributed by atoms with E-state index in [1.165, 1.54) is 5.56 Å². The molecule has 0 bridgehead atoms.